The van der Waals surface area contributed by atoms with Gasteiger partial charge in [-0.2, -0.15) is 0 Å². The van der Waals surface area contributed by atoms with Gasteiger partial charge in [-0.15, -0.1) is 24.6 Å². The minimum atomic E-state index is 0.274. The second-order valence-corrected chi connectivity index (χ2v) is 7.57. The van der Waals surface area contributed by atoms with Gasteiger partial charge in [0.05, 0.1) is 10.9 Å². The maximum atomic E-state index is 6.22. The molecular formula is C23H25ClN4OS. The van der Waals surface area contributed by atoms with Crippen LogP contribution in [0.3, 0.4) is 0 Å². The monoisotopic (exact) mass is 440 g/mol. The van der Waals surface area contributed by atoms with Crippen LogP contribution < -0.4 is 15.8 Å². The van der Waals surface area contributed by atoms with Crippen LogP contribution >= 0.6 is 23.4 Å². The topological polar surface area (TPSA) is 72.0 Å². The molecule has 0 saturated heterocycles. The predicted octanol–water partition coefficient (Wildman–Crippen LogP) is 6.24. The molecule has 5 nitrogen and oxygen atoms in total. The van der Waals surface area contributed by atoms with Gasteiger partial charge in [-0.3, -0.25) is 4.99 Å². The first kappa shape index (κ1) is 23.4. The Morgan fingerprint density at radius 3 is 2.77 bits per heavy atom. The van der Waals surface area contributed by atoms with Crippen molar-refractivity contribution in [1.82, 2.24) is 0 Å². The smallest absolute Gasteiger partial charge is 0.199 e. The van der Waals surface area contributed by atoms with Crippen LogP contribution in [0.4, 0.5) is 5.69 Å². The van der Waals surface area contributed by atoms with E-state index in [9.17, 15) is 0 Å². The average Bonchev–Trinajstić information content (AvgIpc) is 3.59. The van der Waals surface area contributed by atoms with E-state index in [1.165, 1.54) is 24.7 Å². The molecule has 0 radical (unpaired) electrons. The van der Waals surface area contributed by atoms with Crippen LogP contribution in [0.5, 0.6) is 11.5 Å². The van der Waals surface area contributed by atoms with Gasteiger partial charge in [0.1, 0.15) is 17.8 Å². The number of allylic oxidation sites excluding steroid dienone is 1. The summed E-state index contributed by atoms with van der Waals surface area (Å²) in [7, 11) is 0. The van der Waals surface area contributed by atoms with Crippen LogP contribution in [0, 0.1) is 12.8 Å². The number of rotatable bonds is 8. The van der Waals surface area contributed by atoms with E-state index in [2.05, 4.69) is 40.3 Å². The minimum Gasteiger partial charge on any atom is -0.456 e. The summed E-state index contributed by atoms with van der Waals surface area (Å²) in [5.74, 6) is 2.78. The third kappa shape index (κ3) is 7.86. The van der Waals surface area contributed by atoms with Crippen molar-refractivity contribution >= 4 is 41.3 Å². The van der Waals surface area contributed by atoms with Gasteiger partial charge >= 0.3 is 0 Å². The van der Waals surface area contributed by atoms with Crippen LogP contribution in [0.2, 0.25) is 5.02 Å². The number of guanidine groups is 1. The molecule has 0 aromatic heterocycles. The summed E-state index contributed by atoms with van der Waals surface area (Å²) in [5.41, 5.74) is 8.02. The Kier molecular flexibility index (Phi) is 9.85. The molecule has 0 aliphatic heterocycles. The lowest BCUT2D eigenvalue weighted by Crippen LogP contribution is -2.22. The number of hydrogen-bond acceptors (Lipinski definition) is 3. The second kappa shape index (κ2) is 12.6. The maximum Gasteiger partial charge on any atom is 0.199 e. The zero-order valence-electron chi connectivity index (χ0n) is 16.8. The zero-order valence-corrected chi connectivity index (χ0v) is 18.4. The Labute approximate surface area is 187 Å². The lowest BCUT2D eigenvalue weighted by molar-refractivity contribution is 0.482. The SMILES string of the molecule is C#C.C/C=C\SC/N=C/N=C(N)Nc1cc(Oc2ccccc2Cl)cc(C2CC2)c1. The van der Waals surface area contributed by atoms with E-state index in [0.29, 0.717) is 28.3 Å². The van der Waals surface area contributed by atoms with Crippen molar-refractivity contribution in [1.29, 1.82) is 0 Å². The first-order chi connectivity index (χ1) is 14.7. The van der Waals surface area contributed by atoms with Crippen molar-refractivity contribution in [3.05, 3.63) is 64.5 Å². The number of aliphatic imine (C=N–C) groups is 2. The first-order valence-corrected chi connectivity index (χ1v) is 10.8. The Morgan fingerprint density at radius 2 is 2.07 bits per heavy atom. The van der Waals surface area contributed by atoms with Crippen molar-refractivity contribution in [2.45, 2.75) is 25.7 Å². The van der Waals surface area contributed by atoms with E-state index in [-0.39, 0.29) is 5.96 Å². The van der Waals surface area contributed by atoms with E-state index in [4.69, 9.17) is 22.1 Å². The summed E-state index contributed by atoms with van der Waals surface area (Å²) in [5, 5.41) is 5.66. The number of anilines is 1. The number of para-hydroxylation sites is 1. The molecule has 156 valence electrons. The van der Waals surface area contributed by atoms with Gasteiger partial charge in [-0.25, -0.2) is 4.99 Å². The number of halogens is 1. The first-order valence-electron chi connectivity index (χ1n) is 9.38. The maximum absolute atomic E-state index is 6.22. The molecule has 0 spiro atoms. The summed E-state index contributed by atoms with van der Waals surface area (Å²) >= 11 is 7.80. The molecule has 7 heteroatoms. The number of benzene rings is 2. The van der Waals surface area contributed by atoms with E-state index >= 15 is 0 Å². The normalized spacial score (nSPS) is 13.8. The Hall–Kier alpha value is -2.88. The number of hydrogen-bond donors (Lipinski definition) is 2. The van der Waals surface area contributed by atoms with Crippen LogP contribution in [-0.2, 0) is 0 Å². The third-order valence-electron chi connectivity index (χ3n) is 3.97. The predicted molar refractivity (Wildman–Crippen MR) is 131 cm³/mol. The summed E-state index contributed by atoms with van der Waals surface area (Å²) in [6, 6.07) is 13.4. The summed E-state index contributed by atoms with van der Waals surface area (Å²) < 4.78 is 6.00. The highest BCUT2D eigenvalue weighted by molar-refractivity contribution is 8.02. The van der Waals surface area contributed by atoms with E-state index in [1.807, 2.05) is 42.7 Å². The van der Waals surface area contributed by atoms with Crippen LogP contribution in [-0.4, -0.2) is 18.2 Å². The van der Waals surface area contributed by atoms with E-state index in [0.717, 1.165) is 5.69 Å². The summed E-state index contributed by atoms with van der Waals surface area (Å²) in [6.07, 6.45) is 13.8. The van der Waals surface area contributed by atoms with Gasteiger partial charge in [-0.05, 0) is 60.9 Å². The molecule has 2 aromatic rings. The number of ether oxygens (including phenoxy) is 1. The number of nitrogens with one attached hydrogen (secondary N) is 1. The molecule has 3 rings (SSSR count). The molecule has 0 amide bonds. The molecule has 0 heterocycles. The highest BCUT2D eigenvalue weighted by Crippen LogP contribution is 2.43. The van der Waals surface area contributed by atoms with Crippen molar-refractivity contribution < 1.29 is 4.74 Å². The quantitative estimate of drug-likeness (QED) is 0.220. The molecule has 0 unspecified atom stereocenters. The molecule has 3 N–H and O–H groups in total. The largest absolute Gasteiger partial charge is 0.456 e. The van der Waals surface area contributed by atoms with E-state index in [1.54, 1.807) is 17.8 Å². The number of nitrogens with zero attached hydrogens (tertiary/aromatic N) is 2. The number of thioether (sulfide) groups is 1. The molecule has 30 heavy (non-hydrogen) atoms. The summed E-state index contributed by atoms with van der Waals surface area (Å²) in [4.78, 5) is 8.30. The third-order valence-corrected chi connectivity index (χ3v) is 5.05. The van der Waals surface area contributed by atoms with Crippen molar-refractivity contribution in [3.8, 4) is 24.3 Å². The highest BCUT2D eigenvalue weighted by atomic mass is 35.5. The Morgan fingerprint density at radius 1 is 1.30 bits per heavy atom. The zero-order chi connectivity index (χ0) is 21.8. The van der Waals surface area contributed by atoms with Crippen molar-refractivity contribution in [2.24, 2.45) is 15.7 Å². The van der Waals surface area contributed by atoms with Gasteiger partial charge in [0.25, 0.3) is 0 Å². The highest BCUT2D eigenvalue weighted by Gasteiger charge is 2.24. The van der Waals surface area contributed by atoms with Crippen molar-refractivity contribution in [3.63, 3.8) is 0 Å². The molecule has 0 atom stereocenters. The second-order valence-electron chi connectivity index (χ2n) is 6.30. The molecular weight excluding hydrogens is 416 g/mol. The fraction of sp³-hybridized carbons (Fsp3) is 0.217. The van der Waals surface area contributed by atoms with Gasteiger partial charge in [0, 0.05) is 11.8 Å². The van der Waals surface area contributed by atoms with E-state index < -0.39 is 0 Å². The number of terminal acetylenes is 1. The standard InChI is InChI=1S/C21H23ClN4OS.C2H2/c1-2-9-28-14-24-13-25-21(23)26-17-10-16(15-7-8-15)11-18(12-17)27-20-6-4-3-5-19(20)22;1-2/h2-6,9-13,15H,7-8,14H2,1H3,(H3,23,24,25,26);1-2H/b9-2-;. The Bertz CT molecular complexity index is 936. The molecule has 1 saturated carbocycles. The molecule has 2 aromatic carbocycles. The molecule has 1 fully saturated rings. The fourth-order valence-corrected chi connectivity index (χ4v) is 3.16. The summed E-state index contributed by atoms with van der Waals surface area (Å²) in [6.45, 7) is 1.97. The molecule has 1 aliphatic carbocycles. The van der Waals surface area contributed by atoms with Crippen molar-refractivity contribution in [2.75, 3.05) is 11.2 Å². The van der Waals surface area contributed by atoms with Gasteiger partial charge in [0.15, 0.2) is 5.96 Å². The Balaban J connectivity index is 0.00000155. The van der Waals surface area contributed by atoms with Crippen LogP contribution in [0.15, 0.2) is 63.9 Å². The lowest BCUT2D eigenvalue weighted by atomic mass is 10.1. The minimum absolute atomic E-state index is 0.274. The van der Waals surface area contributed by atoms with Gasteiger partial charge in [-0.1, -0.05) is 29.8 Å². The van der Waals surface area contributed by atoms with Gasteiger partial charge < -0.3 is 15.8 Å². The van der Waals surface area contributed by atoms with Crippen LogP contribution in [0.25, 0.3) is 0 Å². The average molecular weight is 441 g/mol. The number of nitrogens with two attached hydrogens (primary N) is 1. The molecule has 0 bridgehead atoms. The van der Waals surface area contributed by atoms with Crippen LogP contribution in [0.1, 0.15) is 31.2 Å². The lowest BCUT2D eigenvalue weighted by Gasteiger charge is -2.12. The molecule has 1 aliphatic rings. The fourth-order valence-electron chi connectivity index (χ4n) is 2.56. The van der Waals surface area contributed by atoms with Gasteiger partial charge in [0.2, 0.25) is 0 Å².